The number of rotatable bonds is 8. The number of alkyl halides is 1. The van der Waals surface area contributed by atoms with E-state index in [1.807, 2.05) is 18.7 Å². The smallest absolute Gasteiger partial charge is 0.131 e. The second-order valence-electron chi connectivity index (χ2n) is 4.12. The highest BCUT2D eigenvalue weighted by Gasteiger charge is 2.18. The van der Waals surface area contributed by atoms with Gasteiger partial charge in [0, 0.05) is 45.3 Å². The van der Waals surface area contributed by atoms with Crippen LogP contribution in [0.15, 0.2) is 0 Å². The van der Waals surface area contributed by atoms with Crippen molar-refractivity contribution in [2.75, 3.05) is 45.4 Å². The summed E-state index contributed by atoms with van der Waals surface area (Å²) in [7, 11) is 5.41. The maximum absolute atomic E-state index is 5.17. The Morgan fingerprint density at radius 3 is 2.22 bits per heavy atom. The molecule has 0 saturated heterocycles. The Bertz CT molecular complexity index is 360. The van der Waals surface area contributed by atoms with Gasteiger partial charge in [-0.1, -0.05) is 15.9 Å². The van der Waals surface area contributed by atoms with Crippen LogP contribution in [0.25, 0.3) is 0 Å². The summed E-state index contributed by atoms with van der Waals surface area (Å²) >= 11 is 3.53. The third kappa shape index (κ3) is 3.70. The first-order valence-electron chi connectivity index (χ1n) is 5.97. The van der Waals surface area contributed by atoms with Gasteiger partial charge < -0.3 is 14.4 Å². The minimum atomic E-state index is 0.690. The van der Waals surface area contributed by atoms with Crippen LogP contribution >= 0.6 is 15.9 Å². The Morgan fingerprint density at radius 1 is 1.22 bits per heavy atom. The molecule has 1 heterocycles. The molecule has 0 radical (unpaired) electrons. The van der Waals surface area contributed by atoms with E-state index in [0.29, 0.717) is 13.2 Å². The van der Waals surface area contributed by atoms with Gasteiger partial charge in [-0.3, -0.25) is 4.68 Å². The van der Waals surface area contributed by atoms with E-state index < -0.39 is 0 Å². The van der Waals surface area contributed by atoms with Gasteiger partial charge in [-0.15, -0.1) is 0 Å². The van der Waals surface area contributed by atoms with Crippen LogP contribution in [0.5, 0.6) is 0 Å². The summed E-state index contributed by atoms with van der Waals surface area (Å²) < 4.78 is 12.3. The van der Waals surface area contributed by atoms with E-state index in [1.54, 1.807) is 14.2 Å². The van der Waals surface area contributed by atoms with E-state index in [4.69, 9.17) is 9.47 Å². The molecule has 0 aliphatic rings. The molecule has 0 unspecified atom stereocenters. The van der Waals surface area contributed by atoms with Crippen molar-refractivity contribution < 1.29 is 9.47 Å². The zero-order valence-electron chi connectivity index (χ0n) is 11.6. The fourth-order valence-corrected chi connectivity index (χ4v) is 2.62. The van der Waals surface area contributed by atoms with Crippen LogP contribution in [0.3, 0.4) is 0 Å². The highest BCUT2D eigenvalue weighted by atomic mass is 79.9. The molecule has 5 nitrogen and oxygen atoms in total. The van der Waals surface area contributed by atoms with Gasteiger partial charge in [-0.2, -0.15) is 5.10 Å². The first-order valence-corrected chi connectivity index (χ1v) is 7.09. The third-order valence-corrected chi connectivity index (χ3v) is 3.44. The van der Waals surface area contributed by atoms with E-state index >= 15 is 0 Å². The van der Waals surface area contributed by atoms with Crippen LogP contribution in [-0.4, -0.2) is 50.3 Å². The molecule has 1 aromatic rings. The average molecular weight is 320 g/mol. The summed E-state index contributed by atoms with van der Waals surface area (Å²) in [5.74, 6) is 1.14. The average Bonchev–Trinajstić information content (AvgIpc) is 2.64. The van der Waals surface area contributed by atoms with Crippen molar-refractivity contribution in [2.45, 2.75) is 12.3 Å². The highest BCUT2D eigenvalue weighted by Crippen LogP contribution is 2.25. The number of hydrogen-bond acceptors (Lipinski definition) is 4. The molecule has 1 aromatic heterocycles. The van der Waals surface area contributed by atoms with E-state index in [2.05, 4.69) is 25.9 Å². The number of methoxy groups -OCH3 is 2. The standard InChI is InChI=1S/C12H22BrN3O2/c1-10-11(9-13)12(15(2)14-10)16(5-7-17-3)6-8-18-4/h5-9H2,1-4H3. The van der Waals surface area contributed by atoms with Crippen LogP contribution in [0.2, 0.25) is 0 Å². The summed E-state index contributed by atoms with van der Waals surface area (Å²) in [4.78, 5) is 2.25. The molecular formula is C12H22BrN3O2. The number of anilines is 1. The number of hydrogen-bond donors (Lipinski definition) is 0. The molecule has 0 fully saturated rings. The van der Waals surface area contributed by atoms with Crippen molar-refractivity contribution >= 4 is 21.7 Å². The van der Waals surface area contributed by atoms with E-state index in [9.17, 15) is 0 Å². The Kier molecular flexibility index (Phi) is 6.67. The topological polar surface area (TPSA) is 39.5 Å². The third-order valence-electron chi connectivity index (χ3n) is 2.88. The summed E-state index contributed by atoms with van der Waals surface area (Å²) in [5.41, 5.74) is 2.29. The maximum Gasteiger partial charge on any atom is 0.131 e. The van der Waals surface area contributed by atoms with Crippen molar-refractivity contribution in [3.05, 3.63) is 11.3 Å². The van der Waals surface area contributed by atoms with Gasteiger partial charge in [0.15, 0.2) is 0 Å². The first kappa shape index (κ1) is 15.5. The molecule has 1 rings (SSSR count). The Balaban J connectivity index is 2.95. The maximum atomic E-state index is 5.17. The number of ether oxygens (including phenoxy) is 2. The fourth-order valence-electron chi connectivity index (χ4n) is 1.97. The number of aryl methyl sites for hydroxylation is 2. The zero-order valence-corrected chi connectivity index (χ0v) is 13.2. The molecule has 0 atom stereocenters. The molecule has 104 valence electrons. The fraction of sp³-hybridized carbons (Fsp3) is 0.750. The minimum absolute atomic E-state index is 0.690. The molecule has 0 saturated carbocycles. The van der Waals surface area contributed by atoms with Crippen LogP contribution in [0.1, 0.15) is 11.3 Å². The number of nitrogens with zero attached hydrogens (tertiary/aromatic N) is 3. The molecule has 18 heavy (non-hydrogen) atoms. The van der Waals surface area contributed by atoms with Gasteiger partial charge in [0.05, 0.1) is 18.9 Å². The van der Waals surface area contributed by atoms with Gasteiger partial charge in [0.25, 0.3) is 0 Å². The lowest BCUT2D eigenvalue weighted by atomic mass is 10.2. The lowest BCUT2D eigenvalue weighted by Crippen LogP contribution is -2.32. The quantitative estimate of drug-likeness (QED) is 0.684. The van der Waals surface area contributed by atoms with Crippen molar-refractivity contribution in [2.24, 2.45) is 7.05 Å². The van der Waals surface area contributed by atoms with Crippen molar-refractivity contribution in [1.82, 2.24) is 9.78 Å². The van der Waals surface area contributed by atoms with Crippen LogP contribution in [0.4, 0.5) is 5.82 Å². The summed E-state index contributed by atoms with van der Waals surface area (Å²) in [6.07, 6.45) is 0. The molecule has 6 heteroatoms. The SMILES string of the molecule is COCCN(CCOC)c1c(CBr)c(C)nn1C. The summed E-state index contributed by atoms with van der Waals surface area (Å²) in [6, 6.07) is 0. The van der Waals surface area contributed by atoms with Crippen molar-refractivity contribution in [3.8, 4) is 0 Å². The Hall–Kier alpha value is -0.590. The lowest BCUT2D eigenvalue weighted by Gasteiger charge is -2.25. The number of halogens is 1. The largest absolute Gasteiger partial charge is 0.383 e. The Morgan fingerprint density at radius 2 is 1.78 bits per heavy atom. The molecule has 0 bridgehead atoms. The van der Waals surface area contributed by atoms with Crippen LogP contribution < -0.4 is 4.90 Å². The normalized spacial score (nSPS) is 10.9. The lowest BCUT2D eigenvalue weighted by molar-refractivity contribution is 0.189. The monoisotopic (exact) mass is 319 g/mol. The van der Waals surface area contributed by atoms with E-state index in [1.165, 1.54) is 5.56 Å². The molecule has 0 spiro atoms. The number of aromatic nitrogens is 2. The molecule has 0 aliphatic heterocycles. The van der Waals surface area contributed by atoms with Crippen LogP contribution in [-0.2, 0) is 21.9 Å². The summed E-state index contributed by atoms with van der Waals surface area (Å²) in [5, 5.41) is 5.29. The zero-order chi connectivity index (χ0) is 13.5. The first-order chi connectivity index (χ1) is 8.65. The van der Waals surface area contributed by atoms with Gasteiger partial charge in [-0.25, -0.2) is 0 Å². The molecule has 0 aliphatic carbocycles. The highest BCUT2D eigenvalue weighted by molar-refractivity contribution is 9.08. The minimum Gasteiger partial charge on any atom is -0.383 e. The predicted molar refractivity (Wildman–Crippen MR) is 76.5 cm³/mol. The van der Waals surface area contributed by atoms with Crippen molar-refractivity contribution in [3.63, 3.8) is 0 Å². The molecule has 0 N–H and O–H groups in total. The second-order valence-corrected chi connectivity index (χ2v) is 4.68. The van der Waals surface area contributed by atoms with Gasteiger partial charge >= 0.3 is 0 Å². The van der Waals surface area contributed by atoms with Gasteiger partial charge in [-0.05, 0) is 6.92 Å². The van der Waals surface area contributed by atoms with Crippen molar-refractivity contribution in [1.29, 1.82) is 0 Å². The second kappa shape index (κ2) is 7.76. The van der Waals surface area contributed by atoms with E-state index in [-0.39, 0.29) is 0 Å². The predicted octanol–water partition coefficient (Wildman–Crippen LogP) is 1.72. The molecule has 0 aromatic carbocycles. The molecule has 0 amide bonds. The van der Waals surface area contributed by atoms with Gasteiger partial charge in [0.2, 0.25) is 0 Å². The summed E-state index contributed by atoms with van der Waals surface area (Å²) in [6.45, 7) is 5.08. The van der Waals surface area contributed by atoms with Crippen LogP contribution in [0, 0.1) is 6.92 Å². The Labute approximate surface area is 117 Å². The van der Waals surface area contributed by atoms with E-state index in [0.717, 1.165) is 29.9 Å². The molecular weight excluding hydrogens is 298 g/mol. The van der Waals surface area contributed by atoms with Gasteiger partial charge in [0.1, 0.15) is 5.82 Å².